The molecule has 0 unspecified atom stereocenters. The number of para-hydroxylation sites is 3. The Morgan fingerprint density at radius 2 is 1.02 bits per heavy atom. The molecular formula is C47H31N3O. The maximum Gasteiger partial charge on any atom is 0.227 e. The summed E-state index contributed by atoms with van der Waals surface area (Å²) in [6.07, 6.45) is 0. The van der Waals surface area contributed by atoms with E-state index in [1.165, 1.54) is 38.1 Å². The molecular weight excluding hydrogens is 623 g/mol. The lowest BCUT2D eigenvalue weighted by atomic mass is 9.98. The third-order valence-electron chi connectivity index (χ3n) is 9.82. The Hall–Kier alpha value is -6.91. The fourth-order valence-corrected chi connectivity index (χ4v) is 7.42. The first-order valence-electron chi connectivity index (χ1n) is 17.2. The van der Waals surface area contributed by atoms with Crippen molar-refractivity contribution in [2.45, 2.75) is 0 Å². The molecule has 0 aliphatic carbocycles. The van der Waals surface area contributed by atoms with Crippen molar-refractivity contribution in [1.82, 2.24) is 9.55 Å². The molecule has 0 aliphatic heterocycles. The van der Waals surface area contributed by atoms with E-state index in [0.29, 0.717) is 5.89 Å². The average molecular weight is 654 g/mol. The lowest BCUT2D eigenvalue weighted by molar-refractivity contribution is 0.620. The first kappa shape index (κ1) is 29.0. The summed E-state index contributed by atoms with van der Waals surface area (Å²) in [5, 5.41) is 4.96. The Kier molecular flexibility index (Phi) is 6.78. The third kappa shape index (κ3) is 4.96. The van der Waals surface area contributed by atoms with Gasteiger partial charge in [0, 0.05) is 39.1 Å². The number of anilines is 3. The molecule has 0 bridgehead atoms. The van der Waals surface area contributed by atoms with Crippen LogP contribution in [0.3, 0.4) is 0 Å². The minimum absolute atomic E-state index is 0.605. The predicted octanol–water partition coefficient (Wildman–Crippen LogP) is 12.9. The molecule has 0 aliphatic rings. The Morgan fingerprint density at radius 1 is 0.451 bits per heavy atom. The molecule has 8 aromatic carbocycles. The van der Waals surface area contributed by atoms with Crippen molar-refractivity contribution in [3.05, 3.63) is 188 Å². The molecule has 4 heteroatoms. The standard InChI is InChI=1S/C47H31N3O/c1-2-13-35(14-3-1)49(37-26-28-38(29-27-37)50-44-19-8-6-16-41(44)42-17-7-9-20-45(42)50)36-24-21-33(22-25-36)47-48-43-31-34(23-30-46(43)51-47)40-18-10-12-32-11-4-5-15-39(32)40/h1-31H. The van der Waals surface area contributed by atoms with E-state index in [4.69, 9.17) is 9.40 Å². The normalized spacial score (nSPS) is 11.5. The molecule has 0 amide bonds. The van der Waals surface area contributed by atoms with Crippen molar-refractivity contribution in [1.29, 1.82) is 0 Å². The van der Waals surface area contributed by atoms with Crippen molar-refractivity contribution < 1.29 is 4.42 Å². The molecule has 10 aromatic rings. The quantitative estimate of drug-likeness (QED) is 0.179. The van der Waals surface area contributed by atoms with Crippen LogP contribution in [0, 0.1) is 0 Å². The maximum absolute atomic E-state index is 6.28. The van der Waals surface area contributed by atoms with Crippen molar-refractivity contribution in [3.63, 3.8) is 0 Å². The molecule has 0 spiro atoms. The number of fused-ring (bicyclic) bond motifs is 5. The van der Waals surface area contributed by atoms with Crippen molar-refractivity contribution >= 4 is 60.7 Å². The van der Waals surface area contributed by atoms with E-state index in [0.717, 1.165) is 45.0 Å². The molecule has 240 valence electrons. The van der Waals surface area contributed by atoms with E-state index in [1.54, 1.807) is 0 Å². The zero-order chi connectivity index (χ0) is 33.7. The van der Waals surface area contributed by atoms with Gasteiger partial charge in [-0.15, -0.1) is 0 Å². The highest BCUT2D eigenvalue weighted by Crippen LogP contribution is 2.38. The summed E-state index contributed by atoms with van der Waals surface area (Å²) in [4.78, 5) is 7.21. The van der Waals surface area contributed by atoms with Gasteiger partial charge in [-0.3, -0.25) is 0 Å². The summed E-state index contributed by atoms with van der Waals surface area (Å²) in [5.41, 5.74) is 11.6. The Balaban J connectivity index is 0.997. The second kappa shape index (κ2) is 11.9. The van der Waals surface area contributed by atoms with Gasteiger partial charge in [0.25, 0.3) is 0 Å². The second-order valence-corrected chi connectivity index (χ2v) is 12.8. The summed E-state index contributed by atoms with van der Waals surface area (Å²) in [7, 11) is 0. The van der Waals surface area contributed by atoms with Crippen LogP contribution in [0.25, 0.3) is 71.9 Å². The number of nitrogens with zero attached hydrogens (tertiary/aromatic N) is 3. The van der Waals surface area contributed by atoms with E-state index in [-0.39, 0.29) is 0 Å². The van der Waals surface area contributed by atoms with Gasteiger partial charge < -0.3 is 13.9 Å². The number of hydrogen-bond donors (Lipinski definition) is 0. The van der Waals surface area contributed by atoms with Crippen LogP contribution in [0.1, 0.15) is 0 Å². The van der Waals surface area contributed by atoms with Crippen LogP contribution >= 0.6 is 0 Å². The molecule has 51 heavy (non-hydrogen) atoms. The zero-order valence-electron chi connectivity index (χ0n) is 27.6. The monoisotopic (exact) mass is 653 g/mol. The van der Waals surface area contributed by atoms with Crippen molar-refractivity contribution in [2.24, 2.45) is 0 Å². The highest BCUT2D eigenvalue weighted by Gasteiger charge is 2.16. The molecule has 2 heterocycles. The van der Waals surface area contributed by atoms with E-state index in [9.17, 15) is 0 Å². The predicted molar refractivity (Wildman–Crippen MR) is 211 cm³/mol. The highest BCUT2D eigenvalue weighted by atomic mass is 16.3. The van der Waals surface area contributed by atoms with E-state index in [2.05, 4.69) is 191 Å². The van der Waals surface area contributed by atoms with Crippen LogP contribution in [0.15, 0.2) is 192 Å². The van der Waals surface area contributed by atoms with Gasteiger partial charge in [0.15, 0.2) is 5.58 Å². The Morgan fingerprint density at radius 3 is 1.75 bits per heavy atom. The van der Waals surface area contributed by atoms with E-state index in [1.807, 2.05) is 6.07 Å². The zero-order valence-corrected chi connectivity index (χ0v) is 27.6. The largest absolute Gasteiger partial charge is 0.436 e. The lowest BCUT2D eigenvalue weighted by Crippen LogP contribution is -2.10. The third-order valence-corrected chi connectivity index (χ3v) is 9.82. The fraction of sp³-hybridized carbons (Fsp3) is 0. The van der Waals surface area contributed by atoms with Gasteiger partial charge in [0.1, 0.15) is 5.52 Å². The van der Waals surface area contributed by atoms with Gasteiger partial charge in [-0.1, -0.05) is 103 Å². The topological polar surface area (TPSA) is 34.2 Å². The van der Waals surface area contributed by atoms with Gasteiger partial charge in [0.2, 0.25) is 5.89 Å². The molecule has 4 nitrogen and oxygen atoms in total. The molecule has 0 fully saturated rings. The van der Waals surface area contributed by atoms with Gasteiger partial charge >= 0.3 is 0 Å². The van der Waals surface area contributed by atoms with Crippen LogP contribution in [0.4, 0.5) is 17.1 Å². The number of rotatable bonds is 6. The summed E-state index contributed by atoms with van der Waals surface area (Å²) in [5.74, 6) is 0.605. The SMILES string of the molecule is c1ccc(N(c2ccc(-c3nc4cc(-c5cccc6ccccc56)ccc4o3)cc2)c2ccc(-n3c4ccccc4c4ccccc43)cc2)cc1. The first-order valence-corrected chi connectivity index (χ1v) is 17.2. The number of hydrogen-bond acceptors (Lipinski definition) is 3. The number of aromatic nitrogens is 2. The lowest BCUT2D eigenvalue weighted by Gasteiger charge is -2.26. The molecule has 10 rings (SSSR count). The van der Waals surface area contributed by atoms with Crippen molar-refractivity contribution in [3.8, 4) is 28.3 Å². The number of benzene rings is 8. The summed E-state index contributed by atoms with van der Waals surface area (Å²) >= 11 is 0. The minimum Gasteiger partial charge on any atom is -0.436 e. The van der Waals surface area contributed by atoms with Gasteiger partial charge in [-0.05, 0) is 107 Å². The van der Waals surface area contributed by atoms with Gasteiger partial charge in [-0.2, -0.15) is 0 Å². The molecule has 0 saturated heterocycles. The minimum atomic E-state index is 0.605. The van der Waals surface area contributed by atoms with Crippen LogP contribution < -0.4 is 4.90 Å². The molecule has 0 radical (unpaired) electrons. The van der Waals surface area contributed by atoms with Gasteiger partial charge in [0.05, 0.1) is 11.0 Å². The summed E-state index contributed by atoms with van der Waals surface area (Å²) < 4.78 is 8.63. The molecule has 0 N–H and O–H groups in total. The van der Waals surface area contributed by atoms with Crippen LogP contribution in [0.5, 0.6) is 0 Å². The number of oxazole rings is 1. The van der Waals surface area contributed by atoms with Gasteiger partial charge in [-0.25, -0.2) is 4.98 Å². The highest BCUT2D eigenvalue weighted by molar-refractivity contribution is 6.09. The fourth-order valence-electron chi connectivity index (χ4n) is 7.42. The van der Waals surface area contributed by atoms with E-state index < -0.39 is 0 Å². The average Bonchev–Trinajstić information content (AvgIpc) is 3.78. The summed E-state index contributed by atoms with van der Waals surface area (Å²) in [6.45, 7) is 0. The van der Waals surface area contributed by atoms with Crippen LogP contribution in [0.2, 0.25) is 0 Å². The maximum atomic E-state index is 6.28. The van der Waals surface area contributed by atoms with Crippen molar-refractivity contribution in [2.75, 3.05) is 4.90 Å². The Bertz CT molecular complexity index is 2790. The molecule has 0 atom stereocenters. The molecule has 0 saturated carbocycles. The summed E-state index contributed by atoms with van der Waals surface area (Å²) in [6, 6.07) is 66.2. The van der Waals surface area contributed by atoms with E-state index >= 15 is 0 Å². The second-order valence-electron chi connectivity index (χ2n) is 12.8. The van der Waals surface area contributed by atoms with Crippen LogP contribution in [-0.2, 0) is 0 Å². The van der Waals surface area contributed by atoms with Crippen LogP contribution in [-0.4, -0.2) is 9.55 Å². The smallest absolute Gasteiger partial charge is 0.227 e. The Labute approximate surface area is 295 Å². The first-order chi connectivity index (χ1) is 25.3. The molecule has 2 aromatic heterocycles.